The van der Waals surface area contributed by atoms with E-state index >= 15 is 0 Å². The molecule has 0 N–H and O–H groups in total. The van der Waals surface area contributed by atoms with E-state index in [0.29, 0.717) is 5.92 Å². The Morgan fingerprint density at radius 2 is 2.11 bits per heavy atom. The van der Waals surface area contributed by atoms with Crippen molar-refractivity contribution in [2.75, 3.05) is 0 Å². The van der Waals surface area contributed by atoms with E-state index in [-0.39, 0.29) is 0 Å². The summed E-state index contributed by atoms with van der Waals surface area (Å²) in [6.07, 6.45) is 5.10. The van der Waals surface area contributed by atoms with Crippen LogP contribution in [0.5, 0.6) is 0 Å². The van der Waals surface area contributed by atoms with Crippen LogP contribution >= 0.6 is 0 Å². The van der Waals surface area contributed by atoms with Crippen LogP contribution in [0.15, 0.2) is 24.3 Å². The van der Waals surface area contributed by atoms with Crippen molar-refractivity contribution in [2.24, 2.45) is 5.92 Å². The summed E-state index contributed by atoms with van der Waals surface area (Å²) in [5, 5.41) is 0. The third-order valence-electron chi connectivity index (χ3n) is 1.48. The lowest BCUT2D eigenvalue weighted by Crippen LogP contribution is -1.90. The molecule has 0 aromatic carbocycles. The van der Waals surface area contributed by atoms with Crippen molar-refractivity contribution in [3.8, 4) is 0 Å². The van der Waals surface area contributed by atoms with E-state index in [1.807, 2.05) is 6.08 Å². The minimum Gasteiger partial charge on any atom is -0.0991 e. The van der Waals surface area contributed by atoms with Crippen molar-refractivity contribution >= 4 is 0 Å². The molecule has 0 heterocycles. The highest BCUT2D eigenvalue weighted by Gasteiger charge is 1.96. The molecule has 9 heavy (non-hydrogen) atoms. The average molecular weight is 124 g/mol. The molecule has 0 spiro atoms. The second-order valence-corrected chi connectivity index (χ2v) is 2.49. The largest absolute Gasteiger partial charge is 0.0991 e. The van der Waals surface area contributed by atoms with Crippen LogP contribution in [0.4, 0.5) is 0 Å². The maximum absolute atomic E-state index is 3.65. The predicted molar refractivity (Wildman–Crippen MR) is 43.4 cm³/mol. The Labute approximate surface area is 58.3 Å². The van der Waals surface area contributed by atoms with Gasteiger partial charge in [-0.15, -0.1) is 0 Å². The van der Waals surface area contributed by atoms with Gasteiger partial charge in [0.05, 0.1) is 0 Å². The number of hydrogen-bond acceptors (Lipinski definition) is 0. The van der Waals surface area contributed by atoms with E-state index in [9.17, 15) is 0 Å². The summed E-state index contributed by atoms with van der Waals surface area (Å²) >= 11 is 0. The molecule has 0 aromatic rings. The molecule has 0 aromatic heterocycles. The van der Waals surface area contributed by atoms with Crippen molar-refractivity contribution in [1.29, 1.82) is 0 Å². The van der Waals surface area contributed by atoms with Gasteiger partial charge >= 0.3 is 0 Å². The summed E-state index contributed by atoms with van der Waals surface area (Å²) in [4.78, 5) is 0. The highest BCUT2D eigenvalue weighted by molar-refractivity contribution is 5.11. The third-order valence-corrected chi connectivity index (χ3v) is 1.48. The van der Waals surface area contributed by atoms with Gasteiger partial charge in [-0.1, -0.05) is 45.1 Å². The fourth-order valence-corrected chi connectivity index (χ4v) is 0.870. The summed E-state index contributed by atoms with van der Waals surface area (Å²) in [7, 11) is 0. The number of rotatable bonds is 3. The summed E-state index contributed by atoms with van der Waals surface area (Å²) in [6, 6.07) is 0. The Kier molecular flexibility index (Phi) is 4.12. The van der Waals surface area contributed by atoms with Gasteiger partial charge in [0, 0.05) is 0 Å². The Hall–Kier alpha value is -0.520. The molecule has 0 aliphatic rings. The Bertz CT molecular complexity index is 107. The lowest BCUT2D eigenvalue weighted by Gasteiger charge is -2.05. The monoisotopic (exact) mass is 124 g/mol. The molecule has 0 rings (SSSR count). The molecule has 0 heteroatoms. The topological polar surface area (TPSA) is 0 Å². The molecule has 0 amide bonds. The molecular formula is C9H16. The second kappa shape index (κ2) is 4.37. The van der Waals surface area contributed by atoms with Crippen LogP contribution in [0.3, 0.4) is 0 Å². The van der Waals surface area contributed by atoms with Crippen LogP contribution in [0.25, 0.3) is 0 Å². The van der Waals surface area contributed by atoms with Gasteiger partial charge in [0.25, 0.3) is 0 Å². The highest BCUT2D eigenvalue weighted by atomic mass is 14.0. The Morgan fingerprint density at radius 3 is 2.22 bits per heavy atom. The molecule has 0 fully saturated rings. The quantitative estimate of drug-likeness (QED) is 0.507. The van der Waals surface area contributed by atoms with Gasteiger partial charge in [-0.05, 0) is 12.3 Å². The molecule has 0 aliphatic heterocycles. The fourth-order valence-electron chi connectivity index (χ4n) is 0.870. The zero-order valence-corrected chi connectivity index (χ0v) is 6.65. The van der Waals surface area contributed by atoms with Crippen LogP contribution in [-0.2, 0) is 0 Å². The smallest absolute Gasteiger partial charge is 0.0257 e. The van der Waals surface area contributed by atoms with Gasteiger partial charge in [-0.25, -0.2) is 0 Å². The Morgan fingerprint density at radius 1 is 1.56 bits per heavy atom. The summed E-state index contributed by atoms with van der Waals surface area (Å²) in [5.74, 6) is 0.674. The van der Waals surface area contributed by atoms with E-state index in [0.717, 1.165) is 6.42 Å². The van der Waals surface area contributed by atoms with Gasteiger partial charge < -0.3 is 0 Å². The van der Waals surface area contributed by atoms with Crippen molar-refractivity contribution in [2.45, 2.75) is 27.2 Å². The van der Waals surface area contributed by atoms with Gasteiger partial charge in [-0.3, -0.25) is 0 Å². The first-order valence-corrected chi connectivity index (χ1v) is 3.53. The molecule has 0 unspecified atom stereocenters. The van der Waals surface area contributed by atoms with E-state index < -0.39 is 0 Å². The minimum absolute atomic E-state index is 0.674. The Balaban J connectivity index is 3.96. The number of allylic oxidation sites excluding steroid dienone is 3. The lowest BCUT2D eigenvalue weighted by molar-refractivity contribution is 0.732. The van der Waals surface area contributed by atoms with Gasteiger partial charge in [0.15, 0.2) is 0 Å². The molecule has 0 saturated carbocycles. The van der Waals surface area contributed by atoms with Crippen molar-refractivity contribution in [3.05, 3.63) is 24.3 Å². The molecule has 0 aliphatic carbocycles. The normalized spacial score (nSPS) is 12.2. The first-order valence-electron chi connectivity index (χ1n) is 3.53. The fraction of sp³-hybridized carbons (Fsp3) is 0.556. The molecule has 0 nitrogen and oxygen atoms in total. The molecule has 0 atom stereocenters. The van der Waals surface area contributed by atoms with Gasteiger partial charge in [0.1, 0.15) is 0 Å². The summed E-state index contributed by atoms with van der Waals surface area (Å²) < 4.78 is 0. The van der Waals surface area contributed by atoms with Crippen molar-refractivity contribution in [3.63, 3.8) is 0 Å². The molecule has 0 radical (unpaired) electrons. The van der Waals surface area contributed by atoms with E-state index in [2.05, 4.69) is 33.4 Å². The van der Waals surface area contributed by atoms with Crippen molar-refractivity contribution in [1.82, 2.24) is 0 Å². The van der Waals surface area contributed by atoms with Crippen molar-refractivity contribution < 1.29 is 0 Å². The average Bonchev–Trinajstić information content (AvgIpc) is 1.82. The number of hydrogen-bond donors (Lipinski definition) is 0. The van der Waals surface area contributed by atoms with E-state index in [4.69, 9.17) is 0 Å². The third kappa shape index (κ3) is 3.12. The van der Waals surface area contributed by atoms with Crippen LogP contribution in [0.2, 0.25) is 0 Å². The molecule has 0 bridgehead atoms. The molecule has 0 saturated heterocycles. The zero-order valence-electron chi connectivity index (χ0n) is 6.65. The maximum Gasteiger partial charge on any atom is -0.0257 e. The highest BCUT2D eigenvalue weighted by Crippen LogP contribution is 2.12. The van der Waals surface area contributed by atoms with Crippen LogP contribution in [0.1, 0.15) is 27.2 Å². The first-order chi connectivity index (χ1) is 4.22. The van der Waals surface area contributed by atoms with Gasteiger partial charge in [-0.2, -0.15) is 0 Å². The predicted octanol–water partition coefficient (Wildman–Crippen LogP) is 3.16. The van der Waals surface area contributed by atoms with Crippen LogP contribution < -0.4 is 0 Å². The van der Waals surface area contributed by atoms with Crippen LogP contribution in [-0.4, -0.2) is 0 Å². The summed E-state index contributed by atoms with van der Waals surface area (Å²) in [5.41, 5.74) is 1.48. The maximum atomic E-state index is 3.65. The SMILES string of the molecule is C=C/C=C(\CC)C(C)C. The summed E-state index contributed by atoms with van der Waals surface area (Å²) in [6.45, 7) is 10.2. The standard InChI is InChI=1S/C9H16/c1-5-7-9(6-2)8(3)4/h5,7-8H,1,6H2,2-4H3/b9-7+. The van der Waals surface area contributed by atoms with Gasteiger partial charge in [0.2, 0.25) is 0 Å². The minimum atomic E-state index is 0.674. The zero-order chi connectivity index (χ0) is 7.28. The second-order valence-electron chi connectivity index (χ2n) is 2.49. The van der Waals surface area contributed by atoms with E-state index in [1.54, 1.807) is 0 Å². The molecular weight excluding hydrogens is 108 g/mol. The van der Waals surface area contributed by atoms with E-state index in [1.165, 1.54) is 5.57 Å². The molecule has 52 valence electrons. The van der Waals surface area contributed by atoms with Crippen LogP contribution in [0, 0.1) is 5.92 Å². The first kappa shape index (κ1) is 8.48. The lowest BCUT2D eigenvalue weighted by atomic mass is 10.0.